The molecule has 1 unspecified atom stereocenters. The van der Waals surface area contributed by atoms with E-state index in [-0.39, 0.29) is 5.92 Å². The Morgan fingerprint density at radius 2 is 1.72 bits per heavy atom. The van der Waals surface area contributed by atoms with Crippen LogP contribution in [-0.4, -0.2) is 18.0 Å². The van der Waals surface area contributed by atoms with Gasteiger partial charge in [-0.15, -0.1) is 0 Å². The van der Waals surface area contributed by atoms with Crippen molar-refractivity contribution in [3.05, 3.63) is 0 Å². The minimum absolute atomic E-state index is 0.260. The zero-order valence-corrected chi connectivity index (χ0v) is 11.7. The van der Waals surface area contributed by atoms with Gasteiger partial charge in [-0.2, -0.15) is 0 Å². The van der Waals surface area contributed by atoms with E-state index in [0.717, 1.165) is 25.7 Å². The fourth-order valence-electron chi connectivity index (χ4n) is 2.89. The van der Waals surface area contributed by atoms with Crippen molar-refractivity contribution in [3.8, 4) is 0 Å². The van der Waals surface area contributed by atoms with Crippen LogP contribution >= 0.6 is 0 Å². The maximum absolute atomic E-state index is 11.2. The molecule has 1 fully saturated rings. The van der Waals surface area contributed by atoms with Gasteiger partial charge in [0, 0.05) is 12.3 Å². The molecule has 0 aliphatic heterocycles. The first-order chi connectivity index (χ1) is 8.25. The van der Waals surface area contributed by atoms with E-state index in [0.29, 0.717) is 5.92 Å². The molecule has 1 aliphatic rings. The molecule has 18 heavy (non-hydrogen) atoms. The zero-order chi connectivity index (χ0) is 13.9. The first kappa shape index (κ1) is 15.0. The number of rotatable bonds is 4. The number of carboxylic acid groups (broad SMARTS) is 1. The third-order valence-corrected chi connectivity index (χ3v) is 4.24. The number of aliphatic carboxylic acids is 1. The SMILES string of the molecule is CC(=O)OC(C(=O)[O-])C(C)(C)C1CCC(C)CC1. The van der Waals surface area contributed by atoms with Crippen LogP contribution in [0.3, 0.4) is 0 Å². The average Bonchev–Trinajstić information content (AvgIpc) is 2.25. The van der Waals surface area contributed by atoms with E-state index in [1.807, 2.05) is 13.8 Å². The standard InChI is InChI=1S/C14H24O4/c1-9-5-7-11(8-6-9)14(3,4)12(13(16)17)18-10(2)15/h9,11-12H,5-8H2,1-4H3,(H,16,17)/p-1. The van der Waals surface area contributed by atoms with Gasteiger partial charge in [0.25, 0.3) is 0 Å². The summed E-state index contributed by atoms with van der Waals surface area (Å²) < 4.78 is 4.96. The van der Waals surface area contributed by atoms with E-state index >= 15 is 0 Å². The van der Waals surface area contributed by atoms with E-state index < -0.39 is 23.5 Å². The molecule has 0 heterocycles. The lowest BCUT2D eigenvalue weighted by Crippen LogP contribution is -2.51. The van der Waals surface area contributed by atoms with Gasteiger partial charge in [-0.05, 0) is 24.7 Å². The highest BCUT2D eigenvalue weighted by Gasteiger charge is 2.41. The van der Waals surface area contributed by atoms with Gasteiger partial charge in [0.05, 0.1) is 5.97 Å². The van der Waals surface area contributed by atoms with Crippen LogP contribution in [-0.2, 0) is 14.3 Å². The molecule has 0 saturated heterocycles. The number of esters is 1. The average molecular weight is 255 g/mol. The molecule has 0 aromatic rings. The van der Waals surface area contributed by atoms with Crippen molar-refractivity contribution in [2.24, 2.45) is 17.3 Å². The van der Waals surface area contributed by atoms with Crippen LogP contribution < -0.4 is 5.11 Å². The lowest BCUT2D eigenvalue weighted by Gasteiger charge is -2.43. The molecule has 4 nitrogen and oxygen atoms in total. The fourth-order valence-corrected chi connectivity index (χ4v) is 2.89. The summed E-state index contributed by atoms with van der Waals surface area (Å²) in [6, 6.07) is 0. The Morgan fingerprint density at radius 1 is 1.22 bits per heavy atom. The Bertz CT molecular complexity index is 314. The van der Waals surface area contributed by atoms with Gasteiger partial charge in [0.15, 0.2) is 0 Å². The van der Waals surface area contributed by atoms with Gasteiger partial charge >= 0.3 is 5.97 Å². The highest BCUT2D eigenvalue weighted by atomic mass is 16.6. The second-order valence-corrected chi connectivity index (χ2v) is 6.09. The maximum Gasteiger partial charge on any atom is 0.303 e. The predicted octanol–water partition coefficient (Wildman–Crippen LogP) is 1.52. The third kappa shape index (κ3) is 3.47. The van der Waals surface area contributed by atoms with Crippen LogP contribution in [0.2, 0.25) is 0 Å². The Morgan fingerprint density at radius 3 is 2.11 bits per heavy atom. The van der Waals surface area contributed by atoms with Gasteiger partial charge < -0.3 is 14.6 Å². The molecule has 1 atom stereocenters. The molecule has 4 heteroatoms. The van der Waals surface area contributed by atoms with Crippen LogP contribution in [0.1, 0.15) is 53.4 Å². The summed E-state index contributed by atoms with van der Waals surface area (Å²) in [7, 11) is 0. The van der Waals surface area contributed by atoms with Gasteiger partial charge in [0.2, 0.25) is 0 Å². The molecule has 0 aromatic heterocycles. The normalized spacial score (nSPS) is 26.4. The van der Waals surface area contributed by atoms with Crippen LogP contribution in [0.25, 0.3) is 0 Å². The predicted molar refractivity (Wildman–Crippen MR) is 65.5 cm³/mol. The molecule has 1 saturated carbocycles. The summed E-state index contributed by atoms with van der Waals surface area (Å²) in [5, 5.41) is 11.2. The van der Waals surface area contributed by atoms with Crippen LogP contribution in [0, 0.1) is 17.3 Å². The summed E-state index contributed by atoms with van der Waals surface area (Å²) in [5.74, 6) is -0.904. The molecule has 0 aromatic carbocycles. The monoisotopic (exact) mass is 255 g/mol. The Labute approximate surface area is 109 Å². The number of carbonyl (C=O) groups is 2. The third-order valence-electron chi connectivity index (χ3n) is 4.24. The lowest BCUT2D eigenvalue weighted by atomic mass is 9.66. The molecular formula is C14H23O4-. The second kappa shape index (κ2) is 5.72. The van der Waals surface area contributed by atoms with Crippen LogP contribution in [0.4, 0.5) is 0 Å². The van der Waals surface area contributed by atoms with Gasteiger partial charge in [-0.3, -0.25) is 4.79 Å². The number of hydrogen-bond donors (Lipinski definition) is 0. The largest absolute Gasteiger partial charge is 0.546 e. The van der Waals surface area contributed by atoms with E-state index in [1.54, 1.807) is 0 Å². The fraction of sp³-hybridized carbons (Fsp3) is 0.857. The quantitative estimate of drug-likeness (QED) is 0.714. The molecule has 0 bridgehead atoms. The minimum atomic E-state index is -1.30. The number of ether oxygens (including phenoxy) is 1. The number of carbonyl (C=O) groups excluding carboxylic acids is 2. The maximum atomic E-state index is 11.2. The summed E-state index contributed by atoms with van der Waals surface area (Å²) in [4.78, 5) is 22.2. The van der Waals surface area contributed by atoms with E-state index in [4.69, 9.17) is 4.74 Å². The van der Waals surface area contributed by atoms with Crippen molar-refractivity contribution < 1.29 is 19.4 Å². The Hall–Kier alpha value is -1.06. The summed E-state index contributed by atoms with van der Waals surface area (Å²) in [5.41, 5.74) is -0.579. The highest BCUT2D eigenvalue weighted by molar-refractivity contribution is 5.76. The van der Waals surface area contributed by atoms with Crippen molar-refractivity contribution in [3.63, 3.8) is 0 Å². The first-order valence-electron chi connectivity index (χ1n) is 6.63. The van der Waals surface area contributed by atoms with Crippen LogP contribution in [0.5, 0.6) is 0 Å². The lowest BCUT2D eigenvalue weighted by molar-refractivity contribution is -0.321. The van der Waals surface area contributed by atoms with Crippen molar-refractivity contribution >= 4 is 11.9 Å². The van der Waals surface area contributed by atoms with Crippen molar-refractivity contribution in [1.29, 1.82) is 0 Å². The van der Waals surface area contributed by atoms with Crippen molar-refractivity contribution in [2.75, 3.05) is 0 Å². The number of carboxylic acids is 1. The van der Waals surface area contributed by atoms with Crippen LogP contribution in [0.15, 0.2) is 0 Å². The van der Waals surface area contributed by atoms with E-state index in [2.05, 4.69) is 6.92 Å². The Kier molecular flexibility index (Phi) is 4.77. The first-order valence-corrected chi connectivity index (χ1v) is 6.63. The molecule has 0 amide bonds. The second-order valence-electron chi connectivity index (χ2n) is 6.09. The van der Waals surface area contributed by atoms with E-state index in [1.165, 1.54) is 6.92 Å². The van der Waals surface area contributed by atoms with Crippen molar-refractivity contribution in [1.82, 2.24) is 0 Å². The topological polar surface area (TPSA) is 66.4 Å². The summed E-state index contributed by atoms with van der Waals surface area (Å²) >= 11 is 0. The Balaban J connectivity index is 2.80. The summed E-state index contributed by atoms with van der Waals surface area (Å²) in [6.45, 7) is 7.16. The molecule has 1 aliphatic carbocycles. The summed E-state index contributed by atoms with van der Waals surface area (Å²) in [6.07, 6.45) is 3.02. The number of hydrogen-bond acceptors (Lipinski definition) is 4. The molecule has 0 N–H and O–H groups in total. The van der Waals surface area contributed by atoms with Gasteiger partial charge in [-0.25, -0.2) is 0 Å². The molecule has 0 radical (unpaired) electrons. The molecule has 104 valence electrons. The highest BCUT2D eigenvalue weighted by Crippen LogP contribution is 2.43. The molecular weight excluding hydrogens is 232 g/mol. The zero-order valence-electron chi connectivity index (χ0n) is 11.7. The van der Waals surface area contributed by atoms with Gasteiger partial charge in [-0.1, -0.05) is 33.6 Å². The smallest absolute Gasteiger partial charge is 0.303 e. The van der Waals surface area contributed by atoms with Gasteiger partial charge in [0.1, 0.15) is 6.10 Å². The molecule has 0 spiro atoms. The molecule has 1 rings (SSSR count). The minimum Gasteiger partial charge on any atom is -0.546 e. The van der Waals surface area contributed by atoms with E-state index in [9.17, 15) is 14.7 Å². The van der Waals surface area contributed by atoms with Crippen molar-refractivity contribution in [2.45, 2.75) is 59.5 Å².